The van der Waals surface area contributed by atoms with Crippen LogP contribution in [-0.2, 0) is 9.53 Å². The van der Waals surface area contributed by atoms with Crippen LogP contribution >= 0.6 is 0 Å². The molecule has 3 aliphatic heterocycles. The topological polar surface area (TPSA) is 66.8 Å². The van der Waals surface area contributed by atoms with Crippen LogP contribution in [0.1, 0.15) is 28.4 Å². The van der Waals surface area contributed by atoms with Gasteiger partial charge in [0.05, 0.1) is 19.0 Å². The minimum Gasteiger partial charge on any atom is -0.459 e. The normalized spacial score (nSPS) is 35.7. The maximum Gasteiger partial charge on any atom is 0.306 e. The molecular formula is C14H13NO4. The molecule has 3 heterocycles. The smallest absolute Gasteiger partial charge is 0.306 e. The average molecular weight is 259 g/mol. The predicted octanol–water partition coefficient (Wildman–Crippen LogP) is 0.490. The van der Waals surface area contributed by atoms with E-state index >= 15 is 0 Å². The number of piperidine rings is 1. The second-order valence-corrected chi connectivity index (χ2v) is 5.38. The van der Waals surface area contributed by atoms with E-state index in [0.717, 1.165) is 5.56 Å². The molecule has 0 unspecified atom stereocenters. The van der Waals surface area contributed by atoms with Gasteiger partial charge < -0.3 is 14.7 Å². The lowest BCUT2D eigenvalue weighted by molar-refractivity contribution is -0.148. The van der Waals surface area contributed by atoms with E-state index in [9.17, 15) is 14.7 Å². The highest BCUT2D eigenvalue weighted by Crippen LogP contribution is 2.47. The third kappa shape index (κ3) is 1.33. The van der Waals surface area contributed by atoms with Gasteiger partial charge in [0.2, 0.25) is 0 Å². The second-order valence-electron chi connectivity index (χ2n) is 5.38. The number of amides is 1. The van der Waals surface area contributed by atoms with Crippen LogP contribution in [0.2, 0.25) is 0 Å². The van der Waals surface area contributed by atoms with Crippen molar-refractivity contribution in [2.75, 3.05) is 6.54 Å². The molecule has 2 fully saturated rings. The van der Waals surface area contributed by atoms with Crippen LogP contribution in [0.15, 0.2) is 24.3 Å². The van der Waals surface area contributed by atoms with Crippen molar-refractivity contribution in [1.82, 2.24) is 4.90 Å². The molecule has 0 radical (unpaired) electrons. The van der Waals surface area contributed by atoms with Gasteiger partial charge in [0.15, 0.2) is 0 Å². The molecule has 4 rings (SSSR count). The second kappa shape index (κ2) is 3.57. The van der Waals surface area contributed by atoms with Crippen LogP contribution < -0.4 is 0 Å². The van der Waals surface area contributed by atoms with Gasteiger partial charge in [0, 0.05) is 11.5 Å². The number of carbonyl (C=O) groups excluding carboxylic acids is 2. The van der Waals surface area contributed by atoms with Crippen LogP contribution in [0.3, 0.4) is 0 Å². The number of aliphatic hydroxyl groups excluding tert-OH is 1. The van der Waals surface area contributed by atoms with E-state index in [1.807, 2.05) is 18.2 Å². The molecule has 98 valence electrons. The van der Waals surface area contributed by atoms with Gasteiger partial charge in [0.1, 0.15) is 12.2 Å². The molecule has 3 aliphatic rings. The van der Waals surface area contributed by atoms with Gasteiger partial charge in [-0.25, -0.2) is 0 Å². The number of benzene rings is 1. The molecule has 1 amide bonds. The summed E-state index contributed by atoms with van der Waals surface area (Å²) in [7, 11) is 0. The first-order chi connectivity index (χ1) is 9.16. The fourth-order valence-corrected chi connectivity index (χ4v) is 3.61. The number of hydrogen-bond acceptors (Lipinski definition) is 4. The number of aliphatic hydroxyl groups is 1. The molecule has 0 saturated carbocycles. The summed E-state index contributed by atoms with van der Waals surface area (Å²) < 4.78 is 5.21. The van der Waals surface area contributed by atoms with E-state index in [1.165, 1.54) is 0 Å². The summed E-state index contributed by atoms with van der Waals surface area (Å²) in [5, 5.41) is 10.1. The lowest BCUT2D eigenvalue weighted by atomic mass is 9.82. The van der Waals surface area contributed by atoms with Gasteiger partial charge >= 0.3 is 5.97 Å². The van der Waals surface area contributed by atoms with Crippen molar-refractivity contribution in [3.63, 3.8) is 0 Å². The molecule has 1 N–H and O–H groups in total. The van der Waals surface area contributed by atoms with E-state index in [4.69, 9.17) is 4.74 Å². The maximum absolute atomic E-state index is 12.3. The Morgan fingerprint density at radius 3 is 2.89 bits per heavy atom. The highest BCUT2D eigenvalue weighted by Gasteiger charge is 2.54. The summed E-state index contributed by atoms with van der Waals surface area (Å²) in [6, 6.07) is 7.32. The van der Waals surface area contributed by atoms with Crippen molar-refractivity contribution in [3.05, 3.63) is 35.4 Å². The van der Waals surface area contributed by atoms with Crippen LogP contribution in [0, 0.1) is 5.92 Å². The summed E-state index contributed by atoms with van der Waals surface area (Å²) in [4.78, 5) is 25.5. The van der Waals surface area contributed by atoms with Crippen LogP contribution in [-0.4, -0.2) is 40.6 Å². The van der Waals surface area contributed by atoms with Crippen LogP contribution in [0.25, 0.3) is 0 Å². The van der Waals surface area contributed by atoms with Crippen molar-refractivity contribution in [2.24, 2.45) is 5.92 Å². The van der Waals surface area contributed by atoms with Crippen molar-refractivity contribution < 1.29 is 19.4 Å². The molecule has 5 nitrogen and oxygen atoms in total. The van der Waals surface area contributed by atoms with Gasteiger partial charge in [0.25, 0.3) is 5.91 Å². The zero-order chi connectivity index (χ0) is 13.1. The lowest BCUT2D eigenvalue weighted by Crippen LogP contribution is -2.51. The third-order valence-corrected chi connectivity index (χ3v) is 4.37. The summed E-state index contributed by atoms with van der Waals surface area (Å²) in [6.45, 7) is 0.229. The van der Waals surface area contributed by atoms with E-state index < -0.39 is 12.2 Å². The summed E-state index contributed by atoms with van der Waals surface area (Å²) in [5.41, 5.74) is 1.63. The Labute approximate surface area is 109 Å². The summed E-state index contributed by atoms with van der Waals surface area (Å²) >= 11 is 0. The molecule has 1 aromatic carbocycles. The molecule has 0 spiro atoms. The van der Waals surface area contributed by atoms with Gasteiger partial charge in [-0.2, -0.15) is 0 Å². The molecule has 0 aromatic heterocycles. The van der Waals surface area contributed by atoms with Gasteiger partial charge in [-0.3, -0.25) is 9.59 Å². The van der Waals surface area contributed by atoms with Gasteiger partial charge in [-0.1, -0.05) is 18.2 Å². The number of carbonyl (C=O) groups is 2. The highest BCUT2D eigenvalue weighted by atomic mass is 16.6. The quantitative estimate of drug-likeness (QED) is 0.689. The number of fused-ring (bicyclic) bond motifs is 5. The van der Waals surface area contributed by atoms with Crippen molar-refractivity contribution in [3.8, 4) is 0 Å². The summed E-state index contributed by atoms with van der Waals surface area (Å²) in [6.07, 6.45) is -0.997. The Balaban J connectivity index is 1.83. The minimum absolute atomic E-state index is 0.0579. The third-order valence-electron chi connectivity index (χ3n) is 4.37. The highest BCUT2D eigenvalue weighted by molar-refractivity contribution is 5.99. The number of hydrogen-bond donors (Lipinski definition) is 1. The van der Waals surface area contributed by atoms with Gasteiger partial charge in [-0.05, 0) is 11.6 Å². The van der Waals surface area contributed by atoms with Crippen LogP contribution in [0.5, 0.6) is 0 Å². The first kappa shape index (κ1) is 11.0. The number of rotatable bonds is 0. The molecule has 5 heteroatoms. The molecule has 1 aromatic rings. The summed E-state index contributed by atoms with van der Waals surface area (Å²) in [5.74, 6) is -0.478. The molecule has 4 atom stereocenters. The number of ether oxygens (including phenoxy) is 1. The Kier molecular flexibility index (Phi) is 2.07. The van der Waals surface area contributed by atoms with Gasteiger partial charge in [-0.15, -0.1) is 0 Å². The molecule has 2 saturated heterocycles. The van der Waals surface area contributed by atoms with E-state index in [1.54, 1.807) is 11.0 Å². The Hall–Kier alpha value is -1.88. The largest absolute Gasteiger partial charge is 0.459 e. The average Bonchev–Trinajstić information content (AvgIpc) is 2.91. The van der Waals surface area contributed by atoms with E-state index in [-0.39, 0.29) is 36.8 Å². The fourth-order valence-electron chi connectivity index (χ4n) is 3.61. The Morgan fingerprint density at radius 2 is 2.05 bits per heavy atom. The fraction of sp³-hybridized carbons (Fsp3) is 0.429. The first-order valence-electron chi connectivity index (χ1n) is 6.44. The molecule has 0 aliphatic carbocycles. The maximum atomic E-state index is 12.3. The lowest BCUT2D eigenvalue weighted by Gasteiger charge is -2.40. The number of nitrogens with zero attached hydrogens (tertiary/aromatic N) is 1. The Morgan fingerprint density at radius 1 is 1.26 bits per heavy atom. The number of esters is 1. The standard InChI is InChI=1S/C14H13NO4/c16-10-6-15-12(9-5-11(17)19-13(9)10)7-3-1-2-4-8(7)14(15)18/h1-4,9-10,12-13,16H,5-6H2/t9-,10+,12-,13-/m1/s1. The Bertz CT molecular complexity index is 585. The molecular weight excluding hydrogens is 246 g/mol. The zero-order valence-electron chi connectivity index (χ0n) is 10.2. The molecule has 19 heavy (non-hydrogen) atoms. The zero-order valence-corrected chi connectivity index (χ0v) is 10.2. The monoisotopic (exact) mass is 259 g/mol. The van der Waals surface area contributed by atoms with E-state index in [0.29, 0.717) is 5.56 Å². The SMILES string of the molecule is O=C1C[C@H]2[C@@H](O1)[C@@H](O)CN1C(=O)c3ccccc3[C@H]21. The van der Waals surface area contributed by atoms with Crippen molar-refractivity contribution in [2.45, 2.75) is 24.7 Å². The minimum atomic E-state index is -0.786. The van der Waals surface area contributed by atoms with Crippen molar-refractivity contribution >= 4 is 11.9 Å². The van der Waals surface area contributed by atoms with E-state index in [2.05, 4.69) is 0 Å². The first-order valence-corrected chi connectivity index (χ1v) is 6.44. The van der Waals surface area contributed by atoms with Crippen molar-refractivity contribution in [1.29, 1.82) is 0 Å². The molecule has 0 bridgehead atoms. The van der Waals surface area contributed by atoms with Crippen LogP contribution in [0.4, 0.5) is 0 Å². The predicted molar refractivity (Wildman–Crippen MR) is 64.2 cm³/mol.